The molecule has 7 nitrogen and oxygen atoms in total. The molecule has 4 rings (SSSR count). The fourth-order valence-corrected chi connectivity index (χ4v) is 4.45. The van der Waals surface area contributed by atoms with Crippen molar-refractivity contribution in [3.63, 3.8) is 0 Å². The first-order chi connectivity index (χ1) is 15.6. The fourth-order valence-electron chi connectivity index (χ4n) is 3.58. The number of nitrogens with two attached hydrogens (primary N) is 1. The summed E-state index contributed by atoms with van der Waals surface area (Å²) in [5, 5.41) is 3.82. The number of carbonyl (C=O) groups is 2. The number of ether oxygens (including phenoxy) is 1. The number of rotatable bonds is 10. The highest BCUT2D eigenvalue weighted by Gasteiger charge is 2.20. The number of benzene rings is 2. The van der Waals surface area contributed by atoms with Crippen molar-refractivity contribution in [1.82, 2.24) is 9.88 Å². The molecule has 3 aromatic rings. The van der Waals surface area contributed by atoms with E-state index in [2.05, 4.69) is 10.3 Å². The summed E-state index contributed by atoms with van der Waals surface area (Å²) in [7, 11) is 0. The van der Waals surface area contributed by atoms with E-state index in [-0.39, 0.29) is 17.5 Å². The van der Waals surface area contributed by atoms with Crippen molar-refractivity contribution < 1.29 is 14.3 Å². The number of likely N-dealkylation sites (tertiary alicyclic amines) is 1. The molecule has 1 aliphatic rings. The van der Waals surface area contributed by atoms with Gasteiger partial charge in [0.2, 0.25) is 11.7 Å². The third kappa shape index (κ3) is 5.45. The maximum atomic E-state index is 13.0. The van der Waals surface area contributed by atoms with E-state index in [0.717, 1.165) is 31.5 Å². The summed E-state index contributed by atoms with van der Waals surface area (Å²) in [6.45, 7) is 2.66. The van der Waals surface area contributed by atoms with Crippen LogP contribution in [0.5, 0.6) is 5.75 Å². The lowest BCUT2D eigenvalue weighted by Crippen LogP contribution is -2.26. The van der Waals surface area contributed by atoms with Gasteiger partial charge >= 0.3 is 0 Å². The molecule has 1 amide bonds. The van der Waals surface area contributed by atoms with E-state index in [1.165, 1.54) is 11.3 Å². The SMILES string of the molecule is Nc1nc(NCCCN2CCCC2=O)sc1C(=O)c1cccc(OCc2ccccc2)c1. The molecular formula is C24H26N4O3S. The van der Waals surface area contributed by atoms with E-state index in [1.807, 2.05) is 41.3 Å². The van der Waals surface area contributed by atoms with Crippen LogP contribution in [0.2, 0.25) is 0 Å². The van der Waals surface area contributed by atoms with Gasteiger partial charge < -0.3 is 20.7 Å². The number of carbonyl (C=O) groups excluding carboxylic acids is 2. The summed E-state index contributed by atoms with van der Waals surface area (Å²) >= 11 is 1.24. The summed E-state index contributed by atoms with van der Waals surface area (Å²) in [6, 6.07) is 17.0. The minimum atomic E-state index is -0.180. The number of hydrogen-bond acceptors (Lipinski definition) is 7. The Morgan fingerprint density at radius 2 is 2.03 bits per heavy atom. The van der Waals surface area contributed by atoms with E-state index < -0.39 is 0 Å². The molecule has 0 saturated carbocycles. The number of aromatic nitrogens is 1. The number of hydrogen-bond donors (Lipinski definition) is 2. The van der Waals surface area contributed by atoms with Crippen LogP contribution in [0.15, 0.2) is 54.6 Å². The number of nitrogens with one attached hydrogen (secondary N) is 1. The molecule has 2 aromatic carbocycles. The van der Waals surface area contributed by atoms with Crippen molar-refractivity contribution in [2.24, 2.45) is 0 Å². The summed E-state index contributed by atoms with van der Waals surface area (Å²) in [5.41, 5.74) is 7.59. The Labute approximate surface area is 191 Å². The van der Waals surface area contributed by atoms with Crippen molar-refractivity contribution in [3.05, 3.63) is 70.6 Å². The van der Waals surface area contributed by atoms with E-state index in [0.29, 0.717) is 40.9 Å². The molecule has 1 aromatic heterocycles. The van der Waals surface area contributed by atoms with Crippen molar-refractivity contribution >= 4 is 34.0 Å². The van der Waals surface area contributed by atoms with Gasteiger partial charge in [0.1, 0.15) is 23.1 Å². The van der Waals surface area contributed by atoms with Crippen LogP contribution in [-0.4, -0.2) is 41.2 Å². The van der Waals surface area contributed by atoms with Crippen molar-refractivity contribution in [2.45, 2.75) is 25.9 Å². The Bertz CT molecular complexity index is 1080. The third-order valence-electron chi connectivity index (χ3n) is 5.26. The van der Waals surface area contributed by atoms with Crippen LogP contribution in [-0.2, 0) is 11.4 Å². The van der Waals surface area contributed by atoms with Gasteiger partial charge in [-0.25, -0.2) is 4.98 Å². The van der Waals surface area contributed by atoms with Crippen molar-refractivity contribution in [3.8, 4) is 5.75 Å². The summed E-state index contributed by atoms with van der Waals surface area (Å²) < 4.78 is 5.83. The van der Waals surface area contributed by atoms with Crippen LogP contribution in [0.4, 0.5) is 10.9 Å². The van der Waals surface area contributed by atoms with Crippen LogP contribution in [0, 0.1) is 0 Å². The van der Waals surface area contributed by atoms with Gasteiger partial charge in [0.15, 0.2) is 5.13 Å². The standard InChI is InChI=1S/C24H26N4O3S/c25-23-22(32-24(27-23)26-12-6-14-28-13-5-11-20(28)29)21(30)18-9-4-10-19(15-18)31-16-17-7-2-1-3-8-17/h1-4,7-10,15H,5-6,11-14,16,25H2,(H,26,27). The second-order valence-corrected chi connectivity index (χ2v) is 8.63. The lowest BCUT2D eigenvalue weighted by Gasteiger charge is -2.14. The van der Waals surface area contributed by atoms with Gasteiger partial charge in [-0.1, -0.05) is 53.8 Å². The Balaban J connectivity index is 1.33. The van der Waals surface area contributed by atoms with E-state index in [4.69, 9.17) is 10.5 Å². The summed E-state index contributed by atoms with van der Waals surface area (Å²) in [6.07, 6.45) is 2.41. The van der Waals surface area contributed by atoms with Gasteiger partial charge in [0.05, 0.1) is 0 Å². The maximum absolute atomic E-state index is 13.0. The fraction of sp³-hybridized carbons (Fsp3) is 0.292. The van der Waals surface area contributed by atoms with Crippen molar-refractivity contribution in [2.75, 3.05) is 30.7 Å². The highest BCUT2D eigenvalue weighted by Crippen LogP contribution is 2.28. The second kappa shape index (κ2) is 10.3. The summed E-state index contributed by atoms with van der Waals surface area (Å²) in [4.78, 5) is 31.3. The molecule has 1 saturated heterocycles. The smallest absolute Gasteiger partial charge is 0.222 e. The zero-order chi connectivity index (χ0) is 22.3. The molecule has 0 unspecified atom stereocenters. The first kappa shape index (κ1) is 21.8. The zero-order valence-corrected chi connectivity index (χ0v) is 18.6. The molecule has 0 atom stereocenters. The zero-order valence-electron chi connectivity index (χ0n) is 17.8. The Morgan fingerprint density at radius 3 is 2.81 bits per heavy atom. The van der Waals surface area contributed by atoms with Gasteiger partial charge in [-0.3, -0.25) is 9.59 Å². The predicted octanol–water partition coefficient (Wildman–Crippen LogP) is 3.96. The van der Waals surface area contributed by atoms with E-state index >= 15 is 0 Å². The molecule has 2 heterocycles. The largest absolute Gasteiger partial charge is 0.489 e. The Morgan fingerprint density at radius 1 is 1.19 bits per heavy atom. The number of nitrogen functional groups attached to an aromatic ring is 1. The number of amides is 1. The molecule has 8 heteroatoms. The first-order valence-electron chi connectivity index (χ1n) is 10.7. The normalized spacial score (nSPS) is 13.4. The van der Waals surface area contributed by atoms with Crippen LogP contribution >= 0.6 is 11.3 Å². The molecule has 32 heavy (non-hydrogen) atoms. The van der Waals surface area contributed by atoms with Gasteiger partial charge in [-0.05, 0) is 30.5 Å². The predicted molar refractivity (Wildman–Crippen MR) is 126 cm³/mol. The highest BCUT2D eigenvalue weighted by atomic mass is 32.1. The highest BCUT2D eigenvalue weighted by molar-refractivity contribution is 7.18. The number of thiazole rings is 1. The molecule has 1 aliphatic heterocycles. The Kier molecular flexibility index (Phi) is 7.01. The molecule has 1 fully saturated rings. The average molecular weight is 451 g/mol. The first-order valence-corrected chi connectivity index (χ1v) is 11.5. The van der Waals surface area contributed by atoms with Gasteiger partial charge in [-0.2, -0.15) is 0 Å². The minimum Gasteiger partial charge on any atom is -0.489 e. The van der Waals surface area contributed by atoms with Crippen LogP contribution in [0.1, 0.15) is 40.1 Å². The maximum Gasteiger partial charge on any atom is 0.222 e. The van der Waals surface area contributed by atoms with Gasteiger partial charge in [0.25, 0.3) is 0 Å². The summed E-state index contributed by atoms with van der Waals surface area (Å²) in [5.74, 6) is 0.887. The molecule has 0 spiro atoms. The minimum absolute atomic E-state index is 0.180. The monoisotopic (exact) mass is 450 g/mol. The molecule has 0 radical (unpaired) electrons. The second-order valence-electron chi connectivity index (χ2n) is 7.63. The van der Waals surface area contributed by atoms with Crippen molar-refractivity contribution in [1.29, 1.82) is 0 Å². The number of nitrogens with zero attached hydrogens (tertiary/aromatic N) is 2. The molecule has 0 aliphatic carbocycles. The molecule has 3 N–H and O–H groups in total. The van der Waals surface area contributed by atoms with Gasteiger partial charge in [-0.15, -0.1) is 0 Å². The van der Waals surface area contributed by atoms with Gasteiger partial charge in [0, 0.05) is 31.6 Å². The average Bonchev–Trinajstić information content (AvgIpc) is 3.40. The molecule has 166 valence electrons. The molecule has 0 bridgehead atoms. The van der Waals surface area contributed by atoms with E-state index in [1.54, 1.807) is 18.2 Å². The Hall–Kier alpha value is -3.39. The van der Waals surface area contributed by atoms with Crippen LogP contribution < -0.4 is 15.8 Å². The topological polar surface area (TPSA) is 97.5 Å². The van der Waals surface area contributed by atoms with Crippen LogP contribution in [0.25, 0.3) is 0 Å². The third-order valence-corrected chi connectivity index (χ3v) is 6.28. The number of ketones is 1. The molecular weight excluding hydrogens is 424 g/mol. The lowest BCUT2D eigenvalue weighted by atomic mass is 10.1. The lowest BCUT2D eigenvalue weighted by molar-refractivity contribution is -0.127. The van der Waals surface area contributed by atoms with Crippen LogP contribution in [0.3, 0.4) is 0 Å². The number of anilines is 2. The quantitative estimate of drug-likeness (QED) is 0.358. The van der Waals surface area contributed by atoms with E-state index in [9.17, 15) is 9.59 Å².